The van der Waals surface area contributed by atoms with Gasteiger partial charge in [0, 0.05) is 18.7 Å². The molecule has 4 nitrogen and oxygen atoms in total. The van der Waals surface area contributed by atoms with Gasteiger partial charge in [0.05, 0.1) is 0 Å². The molecule has 0 amide bonds. The Bertz CT molecular complexity index is 416. The Morgan fingerprint density at radius 1 is 1.28 bits per heavy atom. The second kappa shape index (κ2) is 5.05. The molecule has 2 atom stereocenters. The van der Waals surface area contributed by atoms with Crippen molar-refractivity contribution < 1.29 is 5.11 Å². The summed E-state index contributed by atoms with van der Waals surface area (Å²) in [5.74, 6) is 2.44. The Kier molecular flexibility index (Phi) is 3.43. The molecule has 2 aliphatic rings. The number of nitrogens with zero attached hydrogens (tertiary/aromatic N) is 1. The van der Waals surface area contributed by atoms with Gasteiger partial charge in [0.15, 0.2) is 0 Å². The van der Waals surface area contributed by atoms with E-state index in [4.69, 9.17) is 5.73 Å². The zero-order chi connectivity index (χ0) is 12.5. The van der Waals surface area contributed by atoms with Crippen molar-refractivity contribution in [2.45, 2.75) is 38.0 Å². The van der Waals surface area contributed by atoms with Crippen LogP contribution in [0.25, 0.3) is 0 Å². The number of hydrogen-bond acceptors (Lipinski definition) is 5. The van der Waals surface area contributed by atoms with Crippen LogP contribution in [-0.2, 0) is 0 Å². The summed E-state index contributed by atoms with van der Waals surface area (Å²) in [6, 6.07) is 0. The fraction of sp³-hybridized carbons (Fsp3) is 0.769. The van der Waals surface area contributed by atoms with Gasteiger partial charge in [-0.05, 0) is 55.0 Å². The first-order chi connectivity index (χ1) is 8.79. The van der Waals surface area contributed by atoms with Crippen LogP contribution in [0.3, 0.4) is 0 Å². The summed E-state index contributed by atoms with van der Waals surface area (Å²) in [4.78, 5) is 0. The monoisotopic (exact) mass is 267 g/mol. The lowest BCUT2D eigenvalue weighted by Crippen LogP contribution is -2.20. The van der Waals surface area contributed by atoms with Crippen molar-refractivity contribution >= 4 is 22.4 Å². The zero-order valence-electron chi connectivity index (χ0n) is 10.6. The highest BCUT2D eigenvalue weighted by atomic mass is 32.1. The molecule has 4 N–H and O–H groups in total. The molecule has 0 radical (unpaired) electrons. The second-order valence-electron chi connectivity index (χ2n) is 5.60. The first-order valence-corrected chi connectivity index (χ1v) is 7.66. The third-order valence-electron chi connectivity index (χ3n) is 4.32. The molecule has 0 aromatic carbocycles. The molecule has 0 spiro atoms. The number of aliphatic hydroxyl groups is 1. The summed E-state index contributed by atoms with van der Waals surface area (Å²) < 4.78 is 4.27. The molecular weight excluding hydrogens is 246 g/mol. The second-order valence-corrected chi connectivity index (χ2v) is 6.37. The van der Waals surface area contributed by atoms with Gasteiger partial charge in [0.2, 0.25) is 0 Å². The molecule has 100 valence electrons. The van der Waals surface area contributed by atoms with E-state index in [1.54, 1.807) is 0 Å². The van der Waals surface area contributed by atoms with E-state index in [9.17, 15) is 5.11 Å². The average molecular weight is 267 g/mol. The standard InChI is InChI=1S/C13H21N3OS/c14-12-11(8-4-5-8)13(18-16-12)15-6-9-2-1-3-10(9)7-17/h8-10,15,17H,1-7H2,(H2,14,16). The van der Waals surface area contributed by atoms with Crippen molar-refractivity contribution in [2.24, 2.45) is 11.8 Å². The van der Waals surface area contributed by atoms with E-state index in [1.165, 1.54) is 54.2 Å². The summed E-state index contributed by atoms with van der Waals surface area (Å²) >= 11 is 1.49. The van der Waals surface area contributed by atoms with Crippen molar-refractivity contribution in [1.82, 2.24) is 4.37 Å². The van der Waals surface area contributed by atoms with Gasteiger partial charge in [0.1, 0.15) is 10.8 Å². The Balaban J connectivity index is 1.63. The van der Waals surface area contributed by atoms with E-state index in [0.29, 0.717) is 24.4 Å². The minimum Gasteiger partial charge on any atom is -0.396 e. The number of nitrogen functional groups attached to an aromatic ring is 1. The van der Waals surface area contributed by atoms with Gasteiger partial charge in [-0.15, -0.1) is 0 Å². The molecule has 0 bridgehead atoms. The minimum absolute atomic E-state index is 0.326. The molecule has 2 fully saturated rings. The maximum atomic E-state index is 9.33. The molecule has 1 aromatic heterocycles. The van der Waals surface area contributed by atoms with Crippen molar-refractivity contribution in [3.05, 3.63) is 5.56 Å². The van der Waals surface area contributed by atoms with Crippen LogP contribution < -0.4 is 11.1 Å². The van der Waals surface area contributed by atoms with Gasteiger partial charge in [-0.3, -0.25) is 0 Å². The quantitative estimate of drug-likeness (QED) is 0.766. The molecule has 0 aliphatic heterocycles. The van der Waals surface area contributed by atoms with Crippen molar-refractivity contribution in [3.8, 4) is 0 Å². The van der Waals surface area contributed by atoms with Crippen LogP contribution in [0, 0.1) is 11.8 Å². The predicted molar refractivity (Wildman–Crippen MR) is 74.9 cm³/mol. The average Bonchev–Trinajstić information content (AvgIpc) is 2.99. The molecular formula is C13H21N3OS. The van der Waals surface area contributed by atoms with Gasteiger partial charge >= 0.3 is 0 Å². The summed E-state index contributed by atoms with van der Waals surface area (Å²) in [5.41, 5.74) is 7.19. The number of hydrogen-bond donors (Lipinski definition) is 3. The smallest absolute Gasteiger partial charge is 0.142 e. The molecule has 18 heavy (non-hydrogen) atoms. The number of rotatable bonds is 5. The van der Waals surface area contributed by atoms with Crippen LogP contribution in [0.4, 0.5) is 10.8 Å². The third-order valence-corrected chi connectivity index (χ3v) is 5.15. The van der Waals surface area contributed by atoms with Crippen LogP contribution in [0.5, 0.6) is 0 Å². The Hall–Kier alpha value is -0.810. The van der Waals surface area contributed by atoms with Crippen molar-refractivity contribution in [2.75, 3.05) is 24.2 Å². The Labute approximate surface area is 112 Å². The topological polar surface area (TPSA) is 71.2 Å². The maximum Gasteiger partial charge on any atom is 0.142 e. The van der Waals surface area contributed by atoms with Crippen molar-refractivity contribution in [1.29, 1.82) is 0 Å². The Morgan fingerprint density at radius 3 is 2.78 bits per heavy atom. The lowest BCUT2D eigenvalue weighted by atomic mass is 9.97. The number of aliphatic hydroxyl groups excluding tert-OH is 1. The lowest BCUT2D eigenvalue weighted by molar-refractivity contribution is 0.199. The Morgan fingerprint density at radius 2 is 2.06 bits per heavy atom. The SMILES string of the molecule is Nc1nsc(NCC2CCCC2CO)c1C1CC1. The van der Waals surface area contributed by atoms with Crippen LogP contribution in [0.2, 0.25) is 0 Å². The molecule has 2 unspecified atom stereocenters. The van der Waals surface area contributed by atoms with Gasteiger partial charge in [0.25, 0.3) is 0 Å². The number of aromatic nitrogens is 1. The molecule has 5 heteroatoms. The van der Waals surface area contributed by atoms with E-state index in [-0.39, 0.29) is 0 Å². The highest BCUT2D eigenvalue weighted by Gasteiger charge is 2.31. The lowest BCUT2D eigenvalue weighted by Gasteiger charge is -2.18. The highest BCUT2D eigenvalue weighted by Crippen LogP contribution is 2.47. The number of nitrogens with two attached hydrogens (primary N) is 1. The van der Waals surface area contributed by atoms with E-state index < -0.39 is 0 Å². The van der Waals surface area contributed by atoms with Gasteiger partial charge in [-0.25, -0.2) is 0 Å². The molecule has 2 saturated carbocycles. The summed E-state index contributed by atoms with van der Waals surface area (Å²) in [7, 11) is 0. The van der Waals surface area contributed by atoms with Crippen LogP contribution in [-0.4, -0.2) is 22.6 Å². The number of nitrogens with one attached hydrogen (secondary N) is 1. The zero-order valence-corrected chi connectivity index (χ0v) is 11.4. The number of anilines is 2. The third kappa shape index (κ3) is 2.34. The van der Waals surface area contributed by atoms with Gasteiger partial charge in [-0.1, -0.05) is 6.42 Å². The van der Waals surface area contributed by atoms with Crippen LogP contribution in [0.1, 0.15) is 43.6 Å². The van der Waals surface area contributed by atoms with Crippen molar-refractivity contribution in [3.63, 3.8) is 0 Å². The predicted octanol–water partition coefficient (Wildman–Crippen LogP) is 2.42. The van der Waals surface area contributed by atoms with Crippen LogP contribution in [0.15, 0.2) is 0 Å². The molecule has 1 heterocycles. The maximum absolute atomic E-state index is 9.33. The van der Waals surface area contributed by atoms with Gasteiger partial charge < -0.3 is 16.2 Å². The molecule has 1 aromatic rings. The summed E-state index contributed by atoms with van der Waals surface area (Å²) in [6.07, 6.45) is 6.15. The minimum atomic E-state index is 0.326. The molecule has 3 rings (SSSR count). The summed E-state index contributed by atoms with van der Waals surface area (Å²) in [5, 5.41) is 14.0. The molecule has 2 aliphatic carbocycles. The van der Waals surface area contributed by atoms with Crippen LogP contribution >= 0.6 is 11.5 Å². The fourth-order valence-electron chi connectivity index (χ4n) is 3.05. The first-order valence-electron chi connectivity index (χ1n) is 6.89. The van der Waals surface area contributed by atoms with E-state index in [2.05, 4.69) is 9.69 Å². The molecule has 0 saturated heterocycles. The summed E-state index contributed by atoms with van der Waals surface area (Å²) in [6.45, 7) is 1.28. The van der Waals surface area contributed by atoms with E-state index >= 15 is 0 Å². The van der Waals surface area contributed by atoms with Gasteiger partial charge in [-0.2, -0.15) is 4.37 Å². The largest absolute Gasteiger partial charge is 0.396 e. The van der Waals surface area contributed by atoms with E-state index in [1.807, 2.05) is 0 Å². The highest BCUT2D eigenvalue weighted by molar-refractivity contribution is 7.10. The first kappa shape index (κ1) is 12.2. The van der Waals surface area contributed by atoms with E-state index in [0.717, 1.165) is 12.4 Å². The fourth-order valence-corrected chi connectivity index (χ4v) is 3.86. The normalized spacial score (nSPS) is 27.6.